The van der Waals surface area contributed by atoms with Crippen LogP contribution in [0.4, 0.5) is 5.69 Å². The first-order valence-corrected chi connectivity index (χ1v) is 10.9. The van der Waals surface area contributed by atoms with Crippen molar-refractivity contribution in [1.29, 1.82) is 0 Å². The molecule has 0 spiro atoms. The Morgan fingerprint density at radius 2 is 1.93 bits per heavy atom. The van der Waals surface area contributed by atoms with Gasteiger partial charge in [-0.05, 0) is 73.7 Å². The van der Waals surface area contributed by atoms with Gasteiger partial charge in [0.25, 0.3) is 0 Å². The van der Waals surface area contributed by atoms with E-state index in [9.17, 15) is 8.42 Å². The van der Waals surface area contributed by atoms with E-state index in [-0.39, 0.29) is 4.90 Å². The van der Waals surface area contributed by atoms with Crippen molar-refractivity contribution in [2.45, 2.75) is 35.1 Å². The number of anilines is 1. The van der Waals surface area contributed by atoms with Gasteiger partial charge in [-0.2, -0.15) is 0 Å². The first kappa shape index (κ1) is 16.8. The van der Waals surface area contributed by atoms with Crippen LogP contribution in [-0.4, -0.2) is 19.5 Å². The Hall–Kier alpha value is -2.31. The van der Waals surface area contributed by atoms with Crippen LogP contribution in [0.5, 0.6) is 0 Å². The number of piperidine rings is 1. The summed E-state index contributed by atoms with van der Waals surface area (Å²) in [5.41, 5.74) is 9.99. The van der Waals surface area contributed by atoms with Gasteiger partial charge < -0.3 is 15.6 Å². The first-order valence-electron chi connectivity index (χ1n) is 9.40. The first-order chi connectivity index (χ1) is 12.9. The topological polar surface area (TPSA) is 77.1 Å². The van der Waals surface area contributed by atoms with Gasteiger partial charge in [0.1, 0.15) is 0 Å². The van der Waals surface area contributed by atoms with Crippen molar-refractivity contribution in [2.75, 3.05) is 12.3 Å². The molecule has 2 atom stereocenters. The quantitative estimate of drug-likeness (QED) is 0.669. The summed E-state index contributed by atoms with van der Waals surface area (Å²) in [5.74, 6) is 0.668. The standard InChI is InChI=1S/C21H23N3O2S/c1-24-19-8-6-16(27(25,26)15-4-2-3-14(22)10-15)11-17(19)21-18-7-5-13(12-23-18)9-20(21)24/h2-4,6,8,10-11,13,18,23H,5,7,9,12,22H2,1H3. The molecule has 2 bridgehead atoms. The lowest BCUT2D eigenvalue weighted by Crippen LogP contribution is -2.30. The van der Waals surface area contributed by atoms with Crippen LogP contribution in [0.3, 0.4) is 0 Å². The van der Waals surface area contributed by atoms with E-state index in [1.165, 1.54) is 23.7 Å². The lowest BCUT2D eigenvalue weighted by molar-refractivity contribution is 0.332. The fourth-order valence-electron chi connectivity index (χ4n) is 4.74. The van der Waals surface area contributed by atoms with E-state index >= 15 is 0 Å². The second-order valence-corrected chi connectivity index (χ2v) is 9.73. The van der Waals surface area contributed by atoms with Gasteiger partial charge in [-0.1, -0.05) is 6.07 Å². The van der Waals surface area contributed by atoms with Gasteiger partial charge in [0.15, 0.2) is 0 Å². The molecule has 2 aromatic carbocycles. The van der Waals surface area contributed by atoms with E-state index in [0.29, 0.717) is 22.5 Å². The highest BCUT2D eigenvalue weighted by Gasteiger charge is 2.33. The van der Waals surface area contributed by atoms with E-state index in [1.807, 2.05) is 12.1 Å². The van der Waals surface area contributed by atoms with Crippen molar-refractivity contribution in [3.05, 3.63) is 53.7 Å². The molecule has 27 heavy (non-hydrogen) atoms. The molecule has 1 saturated heterocycles. The molecule has 2 aliphatic heterocycles. The maximum Gasteiger partial charge on any atom is 0.206 e. The Morgan fingerprint density at radius 3 is 2.67 bits per heavy atom. The largest absolute Gasteiger partial charge is 0.399 e. The summed E-state index contributed by atoms with van der Waals surface area (Å²) in [6, 6.07) is 12.3. The molecule has 0 radical (unpaired) electrons. The number of nitrogens with two attached hydrogens (primary N) is 1. The van der Waals surface area contributed by atoms with Crippen LogP contribution in [-0.2, 0) is 23.3 Å². The van der Waals surface area contributed by atoms with Gasteiger partial charge in [-0.25, -0.2) is 8.42 Å². The highest BCUT2D eigenvalue weighted by molar-refractivity contribution is 7.91. The van der Waals surface area contributed by atoms with Crippen molar-refractivity contribution in [2.24, 2.45) is 13.0 Å². The minimum atomic E-state index is -3.60. The maximum atomic E-state index is 13.2. The molecule has 0 amide bonds. The number of nitrogen functional groups attached to an aromatic ring is 1. The summed E-state index contributed by atoms with van der Waals surface area (Å²) in [7, 11) is -1.51. The van der Waals surface area contributed by atoms with Crippen molar-refractivity contribution in [3.8, 4) is 0 Å². The number of aromatic nitrogens is 1. The molecular weight excluding hydrogens is 358 g/mol. The lowest BCUT2D eigenvalue weighted by atomic mass is 9.95. The summed E-state index contributed by atoms with van der Waals surface area (Å²) >= 11 is 0. The van der Waals surface area contributed by atoms with Gasteiger partial charge >= 0.3 is 0 Å². The van der Waals surface area contributed by atoms with Crippen molar-refractivity contribution in [1.82, 2.24) is 9.88 Å². The van der Waals surface area contributed by atoms with Crippen LogP contribution < -0.4 is 11.1 Å². The highest BCUT2D eigenvalue weighted by Crippen LogP contribution is 2.41. The van der Waals surface area contributed by atoms with Crippen molar-refractivity contribution in [3.63, 3.8) is 0 Å². The number of aryl methyl sites for hydroxylation is 1. The smallest absolute Gasteiger partial charge is 0.206 e. The zero-order chi connectivity index (χ0) is 18.8. The minimum absolute atomic E-state index is 0.239. The van der Waals surface area contributed by atoms with Crippen LogP contribution in [0.25, 0.3) is 10.9 Å². The van der Waals surface area contributed by atoms with Gasteiger partial charge in [-0.15, -0.1) is 0 Å². The average Bonchev–Trinajstić information content (AvgIpc) is 2.82. The number of hydrogen-bond acceptors (Lipinski definition) is 4. The molecule has 1 fully saturated rings. The second kappa shape index (κ2) is 5.84. The zero-order valence-corrected chi connectivity index (χ0v) is 16.1. The Kier molecular flexibility index (Phi) is 3.64. The van der Waals surface area contributed by atoms with E-state index in [0.717, 1.165) is 30.3 Å². The predicted molar refractivity (Wildman–Crippen MR) is 106 cm³/mol. The summed E-state index contributed by atoms with van der Waals surface area (Å²) in [6.45, 7) is 1.04. The average molecular weight is 382 g/mol. The SMILES string of the molecule is Cn1c2c(c3cc(S(=O)(=O)c4cccc(N)c4)ccc31)C1CCC(CN1)C2. The summed E-state index contributed by atoms with van der Waals surface area (Å²) in [6.07, 6.45) is 3.40. The van der Waals surface area contributed by atoms with Gasteiger partial charge in [0, 0.05) is 35.4 Å². The Labute approximate surface area is 159 Å². The number of nitrogens with one attached hydrogen (secondary N) is 1. The molecule has 140 valence electrons. The molecule has 3 N–H and O–H groups in total. The molecule has 0 saturated carbocycles. The van der Waals surface area contributed by atoms with E-state index < -0.39 is 9.84 Å². The molecule has 6 rings (SSSR count). The van der Waals surface area contributed by atoms with Crippen LogP contribution in [0, 0.1) is 5.92 Å². The molecular formula is C21H23N3O2S. The fraction of sp³-hybridized carbons (Fsp3) is 0.333. The number of benzene rings is 2. The number of rotatable bonds is 2. The van der Waals surface area contributed by atoms with Gasteiger partial charge in [-0.3, -0.25) is 0 Å². The fourth-order valence-corrected chi connectivity index (χ4v) is 6.08. The van der Waals surface area contributed by atoms with Crippen LogP contribution in [0.2, 0.25) is 0 Å². The third kappa shape index (κ3) is 2.51. The zero-order valence-electron chi connectivity index (χ0n) is 15.3. The Bertz CT molecular complexity index is 1160. The summed E-state index contributed by atoms with van der Waals surface area (Å²) < 4.78 is 28.6. The molecule has 3 aromatic rings. The van der Waals surface area contributed by atoms with E-state index in [4.69, 9.17) is 5.73 Å². The number of fused-ring (bicyclic) bond motifs is 3. The molecule has 3 heterocycles. The Morgan fingerprint density at radius 1 is 1.11 bits per heavy atom. The molecule has 6 heteroatoms. The van der Waals surface area contributed by atoms with Crippen LogP contribution >= 0.6 is 0 Å². The molecule has 1 aliphatic carbocycles. The normalized spacial score (nSPS) is 22.0. The monoisotopic (exact) mass is 381 g/mol. The number of nitrogens with zero attached hydrogens (tertiary/aromatic N) is 1. The third-order valence-electron chi connectivity index (χ3n) is 6.16. The predicted octanol–water partition coefficient (Wildman–Crippen LogP) is 3.19. The minimum Gasteiger partial charge on any atom is -0.399 e. The number of hydrogen-bond donors (Lipinski definition) is 2. The molecule has 2 unspecified atom stereocenters. The highest BCUT2D eigenvalue weighted by atomic mass is 32.2. The van der Waals surface area contributed by atoms with E-state index in [1.54, 1.807) is 24.3 Å². The summed E-state index contributed by atoms with van der Waals surface area (Å²) in [5, 5.41) is 4.71. The van der Waals surface area contributed by atoms with Crippen LogP contribution in [0.15, 0.2) is 52.3 Å². The van der Waals surface area contributed by atoms with Crippen LogP contribution in [0.1, 0.15) is 30.1 Å². The third-order valence-corrected chi connectivity index (χ3v) is 7.91. The van der Waals surface area contributed by atoms with Gasteiger partial charge in [0.2, 0.25) is 9.84 Å². The molecule has 3 aliphatic rings. The summed E-state index contributed by atoms with van der Waals surface area (Å²) in [4.78, 5) is 0.565. The van der Waals surface area contributed by atoms with Gasteiger partial charge in [0.05, 0.1) is 9.79 Å². The second-order valence-electron chi connectivity index (χ2n) is 7.78. The lowest BCUT2D eigenvalue weighted by Gasteiger charge is -2.25. The van der Waals surface area contributed by atoms with Crippen molar-refractivity contribution < 1.29 is 8.42 Å². The van der Waals surface area contributed by atoms with Crippen molar-refractivity contribution >= 4 is 26.4 Å². The Balaban J connectivity index is 1.72. The maximum absolute atomic E-state index is 13.2. The van der Waals surface area contributed by atoms with E-state index in [2.05, 4.69) is 16.9 Å². The molecule has 5 nitrogen and oxygen atoms in total. The molecule has 1 aromatic heterocycles. The number of sulfone groups is 1.